The lowest BCUT2D eigenvalue weighted by molar-refractivity contribution is -0.137. The van der Waals surface area contributed by atoms with Crippen LogP contribution in [-0.4, -0.2) is 44.3 Å². The van der Waals surface area contributed by atoms with Gasteiger partial charge in [0.2, 0.25) is 0 Å². The first-order valence-corrected chi connectivity index (χ1v) is 9.45. The van der Waals surface area contributed by atoms with E-state index in [0.29, 0.717) is 24.0 Å². The van der Waals surface area contributed by atoms with Gasteiger partial charge in [-0.15, -0.1) is 0 Å². The average molecular weight is 414 g/mol. The topological polar surface area (TPSA) is 63.1 Å². The second-order valence-electron chi connectivity index (χ2n) is 7.35. The molecular formula is C18H19ClF3N5O. The standard InChI is InChI=1S/C18H19ClF3N5O/c1-10-6-12(9-26(10)13-3-4-13)25-14-8-24-27(17(28)16(14)19)15-5-2-11(7-23-15)18(20,21)22/h2,5,7-8,10,12-13,25H,3-4,6,9H2,1H3. The minimum Gasteiger partial charge on any atom is -0.378 e. The third kappa shape index (κ3) is 3.73. The molecule has 0 spiro atoms. The summed E-state index contributed by atoms with van der Waals surface area (Å²) in [5.41, 5.74) is -1.11. The van der Waals surface area contributed by atoms with Gasteiger partial charge < -0.3 is 5.32 Å². The number of alkyl halides is 3. The Morgan fingerprint density at radius 2 is 2.00 bits per heavy atom. The van der Waals surface area contributed by atoms with Gasteiger partial charge in [-0.05, 0) is 38.3 Å². The molecule has 28 heavy (non-hydrogen) atoms. The van der Waals surface area contributed by atoms with Gasteiger partial charge in [-0.3, -0.25) is 9.69 Å². The van der Waals surface area contributed by atoms with Crippen LogP contribution in [0.15, 0.2) is 29.3 Å². The van der Waals surface area contributed by atoms with Crippen LogP contribution in [0.4, 0.5) is 18.9 Å². The van der Waals surface area contributed by atoms with Gasteiger partial charge >= 0.3 is 6.18 Å². The van der Waals surface area contributed by atoms with Gasteiger partial charge in [0.25, 0.3) is 5.56 Å². The number of pyridine rings is 1. The fourth-order valence-corrected chi connectivity index (χ4v) is 3.85. The maximum absolute atomic E-state index is 12.7. The lowest BCUT2D eigenvalue weighted by Gasteiger charge is -2.20. The molecule has 4 rings (SSSR count). The van der Waals surface area contributed by atoms with E-state index in [1.807, 2.05) is 0 Å². The molecule has 1 saturated heterocycles. The lowest BCUT2D eigenvalue weighted by atomic mass is 10.2. The summed E-state index contributed by atoms with van der Waals surface area (Å²) < 4.78 is 38.9. The highest BCUT2D eigenvalue weighted by Crippen LogP contribution is 2.34. The summed E-state index contributed by atoms with van der Waals surface area (Å²) in [5, 5.41) is 7.25. The second kappa shape index (κ2) is 7.04. The molecule has 2 aliphatic rings. The quantitative estimate of drug-likeness (QED) is 0.833. The third-order valence-electron chi connectivity index (χ3n) is 5.21. The maximum Gasteiger partial charge on any atom is 0.417 e. The summed E-state index contributed by atoms with van der Waals surface area (Å²) in [4.78, 5) is 18.7. The number of rotatable bonds is 4. The number of hydrogen-bond donors (Lipinski definition) is 1. The molecule has 0 bridgehead atoms. The van der Waals surface area contributed by atoms with Crippen LogP contribution in [0.2, 0.25) is 5.02 Å². The monoisotopic (exact) mass is 413 g/mol. The number of likely N-dealkylation sites (tertiary alicyclic amines) is 1. The number of nitrogens with one attached hydrogen (secondary N) is 1. The SMILES string of the molecule is CC1CC(Nc2cnn(-c3ccc(C(F)(F)F)cn3)c(=O)c2Cl)CN1C1CC1. The van der Waals surface area contributed by atoms with Gasteiger partial charge in [-0.1, -0.05) is 11.6 Å². The fraction of sp³-hybridized carbons (Fsp3) is 0.500. The lowest BCUT2D eigenvalue weighted by Crippen LogP contribution is -2.31. The van der Waals surface area contributed by atoms with Crippen molar-refractivity contribution in [1.82, 2.24) is 19.7 Å². The molecule has 1 aliphatic heterocycles. The van der Waals surface area contributed by atoms with Crippen molar-refractivity contribution in [2.24, 2.45) is 0 Å². The summed E-state index contributed by atoms with van der Waals surface area (Å²) >= 11 is 6.22. The van der Waals surface area contributed by atoms with Crippen molar-refractivity contribution in [3.8, 4) is 5.82 Å². The van der Waals surface area contributed by atoms with Gasteiger partial charge in [-0.25, -0.2) is 4.98 Å². The first-order valence-electron chi connectivity index (χ1n) is 9.08. The van der Waals surface area contributed by atoms with Crippen molar-refractivity contribution in [1.29, 1.82) is 0 Å². The van der Waals surface area contributed by atoms with E-state index in [4.69, 9.17) is 11.6 Å². The Balaban J connectivity index is 1.53. The molecule has 1 saturated carbocycles. The molecule has 2 aromatic heterocycles. The Labute approximate surface area is 164 Å². The van der Waals surface area contributed by atoms with Crippen molar-refractivity contribution in [2.45, 2.75) is 50.5 Å². The second-order valence-corrected chi connectivity index (χ2v) is 7.72. The summed E-state index contributed by atoms with van der Waals surface area (Å²) in [7, 11) is 0. The Morgan fingerprint density at radius 1 is 1.25 bits per heavy atom. The van der Waals surface area contributed by atoms with Crippen LogP contribution in [0.25, 0.3) is 5.82 Å². The highest BCUT2D eigenvalue weighted by molar-refractivity contribution is 6.32. The minimum absolute atomic E-state index is 0.0270. The van der Waals surface area contributed by atoms with Gasteiger partial charge in [0, 0.05) is 30.9 Å². The van der Waals surface area contributed by atoms with Crippen LogP contribution in [0.3, 0.4) is 0 Å². The van der Waals surface area contributed by atoms with Gasteiger partial charge in [0.05, 0.1) is 17.4 Å². The van der Waals surface area contributed by atoms with E-state index in [1.165, 1.54) is 19.0 Å². The van der Waals surface area contributed by atoms with Gasteiger partial charge in [0.15, 0.2) is 5.82 Å². The molecule has 150 valence electrons. The fourth-order valence-electron chi connectivity index (χ4n) is 3.67. The molecule has 2 fully saturated rings. The van der Waals surface area contributed by atoms with E-state index in [-0.39, 0.29) is 16.9 Å². The molecule has 0 aromatic carbocycles. The van der Waals surface area contributed by atoms with Crippen molar-refractivity contribution in [3.63, 3.8) is 0 Å². The van der Waals surface area contributed by atoms with Crippen LogP contribution in [0, 0.1) is 0 Å². The van der Waals surface area contributed by atoms with Crippen LogP contribution in [0.5, 0.6) is 0 Å². The number of aromatic nitrogens is 3. The molecule has 2 unspecified atom stereocenters. The Morgan fingerprint density at radius 3 is 2.61 bits per heavy atom. The van der Waals surface area contributed by atoms with Crippen molar-refractivity contribution in [2.75, 3.05) is 11.9 Å². The molecule has 1 N–H and O–H groups in total. The minimum atomic E-state index is -4.50. The van der Waals surface area contributed by atoms with E-state index in [9.17, 15) is 18.0 Å². The van der Waals surface area contributed by atoms with E-state index in [2.05, 4.69) is 27.2 Å². The first-order chi connectivity index (χ1) is 13.2. The maximum atomic E-state index is 12.7. The summed E-state index contributed by atoms with van der Waals surface area (Å²) in [6.45, 7) is 3.07. The van der Waals surface area contributed by atoms with E-state index in [1.54, 1.807) is 0 Å². The molecule has 3 heterocycles. The molecule has 2 atom stereocenters. The third-order valence-corrected chi connectivity index (χ3v) is 5.57. The van der Waals surface area contributed by atoms with Crippen molar-refractivity contribution >= 4 is 17.3 Å². The predicted octanol–water partition coefficient (Wildman–Crippen LogP) is 3.34. The normalized spacial score (nSPS) is 23.2. The average Bonchev–Trinajstić information content (AvgIpc) is 3.42. The van der Waals surface area contributed by atoms with E-state index >= 15 is 0 Å². The smallest absolute Gasteiger partial charge is 0.378 e. The zero-order valence-corrected chi connectivity index (χ0v) is 15.8. The molecule has 0 amide bonds. The predicted molar refractivity (Wildman–Crippen MR) is 98.9 cm³/mol. The molecule has 10 heteroatoms. The number of nitrogens with zero attached hydrogens (tertiary/aromatic N) is 4. The summed E-state index contributed by atoms with van der Waals surface area (Å²) in [6, 6.07) is 3.23. The van der Waals surface area contributed by atoms with Crippen LogP contribution < -0.4 is 10.9 Å². The van der Waals surface area contributed by atoms with Gasteiger partial charge in [0.1, 0.15) is 5.02 Å². The first kappa shape index (κ1) is 19.2. The highest BCUT2D eigenvalue weighted by Gasteiger charge is 2.39. The van der Waals surface area contributed by atoms with Crippen LogP contribution in [-0.2, 0) is 6.18 Å². The molecule has 2 aromatic rings. The summed E-state index contributed by atoms with van der Waals surface area (Å²) in [6.07, 6.45) is 0.979. The molecular weight excluding hydrogens is 395 g/mol. The Kier molecular flexibility index (Phi) is 4.83. The van der Waals surface area contributed by atoms with Gasteiger partial charge in [-0.2, -0.15) is 23.0 Å². The molecule has 1 aliphatic carbocycles. The highest BCUT2D eigenvalue weighted by atomic mass is 35.5. The molecule has 0 radical (unpaired) electrons. The number of halogens is 4. The van der Waals surface area contributed by atoms with E-state index < -0.39 is 17.3 Å². The molecule has 6 nitrogen and oxygen atoms in total. The van der Waals surface area contributed by atoms with Crippen molar-refractivity contribution < 1.29 is 13.2 Å². The number of anilines is 1. The Hall–Kier alpha value is -2.13. The van der Waals surface area contributed by atoms with Crippen LogP contribution >= 0.6 is 11.6 Å². The summed E-state index contributed by atoms with van der Waals surface area (Å²) in [5.74, 6) is -0.0270. The van der Waals surface area contributed by atoms with Crippen molar-refractivity contribution in [3.05, 3.63) is 45.5 Å². The number of hydrogen-bond acceptors (Lipinski definition) is 5. The largest absolute Gasteiger partial charge is 0.417 e. The zero-order valence-electron chi connectivity index (χ0n) is 15.1. The van der Waals surface area contributed by atoms with Crippen LogP contribution in [0.1, 0.15) is 31.7 Å². The zero-order chi connectivity index (χ0) is 20.1. The Bertz CT molecular complexity index is 926. The van der Waals surface area contributed by atoms with E-state index in [0.717, 1.165) is 29.8 Å².